The summed E-state index contributed by atoms with van der Waals surface area (Å²) in [6, 6.07) is 22.0. The number of rotatable bonds is 5. The van der Waals surface area contributed by atoms with Crippen LogP contribution in [0.4, 0.5) is 0 Å². The zero-order chi connectivity index (χ0) is 21.4. The van der Waals surface area contributed by atoms with Crippen molar-refractivity contribution in [3.8, 4) is 11.5 Å². The summed E-state index contributed by atoms with van der Waals surface area (Å²) < 4.78 is 18.3. The van der Waals surface area contributed by atoms with E-state index in [2.05, 4.69) is 29.2 Å². The summed E-state index contributed by atoms with van der Waals surface area (Å²) in [5.41, 5.74) is 4.96. The molecule has 0 saturated heterocycles. The fourth-order valence-electron chi connectivity index (χ4n) is 4.51. The number of fused-ring (bicyclic) bond motifs is 2. The third-order valence-corrected chi connectivity index (χ3v) is 5.99. The zero-order valence-electron chi connectivity index (χ0n) is 17.6. The molecule has 1 aromatic heterocycles. The third kappa shape index (κ3) is 3.39. The van der Waals surface area contributed by atoms with E-state index < -0.39 is 0 Å². The average molecular weight is 416 g/mol. The molecule has 0 amide bonds. The summed E-state index contributed by atoms with van der Waals surface area (Å²) in [7, 11) is 3.31. The monoisotopic (exact) mass is 416 g/mol. The maximum atomic E-state index is 12.6. The van der Waals surface area contributed by atoms with E-state index in [-0.39, 0.29) is 11.8 Å². The molecule has 6 nitrogen and oxygen atoms in total. The number of hydrogen-bond donors (Lipinski definition) is 0. The molecule has 6 heteroatoms. The normalized spacial score (nSPS) is 16.3. The highest BCUT2D eigenvalue weighted by molar-refractivity contribution is 5.72. The summed E-state index contributed by atoms with van der Waals surface area (Å²) in [5.74, 6) is 1.10. The van der Waals surface area contributed by atoms with E-state index in [9.17, 15) is 4.79 Å². The lowest BCUT2D eigenvalue weighted by Crippen LogP contribution is -2.39. The lowest BCUT2D eigenvalue weighted by Gasteiger charge is -2.38. The molecule has 3 aromatic carbocycles. The van der Waals surface area contributed by atoms with Crippen molar-refractivity contribution in [2.24, 2.45) is 0 Å². The lowest BCUT2D eigenvalue weighted by atomic mass is 9.88. The fourth-order valence-corrected chi connectivity index (χ4v) is 4.51. The van der Waals surface area contributed by atoms with Gasteiger partial charge in [0.1, 0.15) is 0 Å². The molecule has 4 aromatic rings. The smallest absolute Gasteiger partial charge is 0.421 e. The molecule has 0 unspecified atom stereocenters. The Morgan fingerprint density at radius 1 is 0.968 bits per heavy atom. The van der Waals surface area contributed by atoms with Gasteiger partial charge in [0.05, 0.1) is 32.4 Å². The van der Waals surface area contributed by atoms with Crippen molar-refractivity contribution in [1.82, 2.24) is 9.47 Å². The van der Waals surface area contributed by atoms with Crippen LogP contribution >= 0.6 is 0 Å². The first-order chi connectivity index (χ1) is 15.2. The Morgan fingerprint density at radius 2 is 1.68 bits per heavy atom. The molecule has 0 fully saturated rings. The van der Waals surface area contributed by atoms with Gasteiger partial charge in [-0.2, -0.15) is 0 Å². The summed E-state index contributed by atoms with van der Waals surface area (Å²) >= 11 is 0. The summed E-state index contributed by atoms with van der Waals surface area (Å²) in [4.78, 5) is 14.9. The van der Waals surface area contributed by atoms with Gasteiger partial charge in [-0.25, -0.2) is 4.79 Å². The first-order valence-electron chi connectivity index (χ1n) is 10.3. The first-order valence-corrected chi connectivity index (χ1v) is 10.3. The Morgan fingerprint density at radius 3 is 2.45 bits per heavy atom. The first kappa shape index (κ1) is 19.5. The Balaban J connectivity index is 1.62. The van der Waals surface area contributed by atoms with Crippen LogP contribution in [0.15, 0.2) is 75.9 Å². The predicted octanol–water partition coefficient (Wildman–Crippen LogP) is 4.22. The van der Waals surface area contributed by atoms with E-state index in [0.29, 0.717) is 18.0 Å². The van der Waals surface area contributed by atoms with Crippen LogP contribution in [-0.4, -0.2) is 30.2 Å². The summed E-state index contributed by atoms with van der Waals surface area (Å²) in [6.07, 6.45) is 0.851. The molecule has 1 aliphatic heterocycles. The summed E-state index contributed by atoms with van der Waals surface area (Å²) in [5, 5.41) is 0. The molecule has 0 spiro atoms. The quantitative estimate of drug-likeness (QED) is 0.488. The van der Waals surface area contributed by atoms with Crippen molar-refractivity contribution < 1.29 is 13.9 Å². The molecule has 0 saturated carbocycles. The SMILES string of the molecule is COc1cc2c(cc1OC)[C@H](c1ccccc1)N(Cn1c(=O)oc3ccccc31)CC2. The van der Waals surface area contributed by atoms with Gasteiger partial charge in [0.2, 0.25) is 0 Å². The van der Waals surface area contributed by atoms with Crippen LogP contribution in [0.1, 0.15) is 22.7 Å². The second kappa shape index (κ2) is 7.96. The topological polar surface area (TPSA) is 56.8 Å². The van der Waals surface area contributed by atoms with Crippen molar-refractivity contribution in [1.29, 1.82) is 0 Å². The van der Waals surface area contributed by atoms with Gasteiger partial charge in [-0.15, -0.1) is 0 Å². The lowest BCUT2D eigenvalue weighted by molar-refractivity contribution is 0.161. The molecule has 0 aliphatic carbocycles. The van der Waals surface area contributed by atoms with E-state index >= 15 is 0 Å². The van der Waals surface area contributed by atoms with Gasteiger partial charge in [0.25, 0.3) is 0 Å². The van der Waals surface area contributed by atoms with Crippen LogP contribution < -0.4 is 15.2 Å². The van der Waals surface area contributed by atoms with Crippen molar-refractivity contribution >= 4 is 11.1 Å². The molecule has 158 valence electrons. The van der Waals surface area contributed by atoms with Crippen LogP contribution in [0, 0.1) is 0 Å². The Kier molecular flexibility index (Phi) is 5.00. The minimum Gasteiger partial charge on any atom is -0.493 e. The highest BCUT2D eigenvalue weighted by Crippen LogP contribution is 2.41. The van der Waals surface area contributed by atoms with Crippen LogP contribution in [0.2, 0.25) is 0 Å². The second-order valence-corrected chi connectivity index (χ2v) is 7.69. The molecular formula is C25H24N2O4. The zero-order valence-corrected chi connectivity index (χ0v) is 17.6. The summed E-state index contributed by atoms with van der Waals surface area (Å²) in [6.45, 7) is 1.23. The number of para-hydroxylation sites is 2. The van der Waals surface area contributed by atoms with E-state index in [4.69, 9.17) is 13.9 Å². The van der Waals surface area contributed by atoms with Crippen molar-refractivity contribution in [3.63, 3.8) is 0 Å². The molecule has 0 radical (unpaired) electrons. The van der Waals surface area contributed by atoms with Gasteiger partial charge < -0.3 is 13.9 Å². The maximum Gasteiger partial charge on any atom is 0.421 e. The van der Waals surface area contributed by atoms with E-state index in [1.54, 1.807) is 18.8 Å². The standard InChI is InChI=1S/C25H24N2O4/c1-29-22-14-18-12-13-26(16-27-20-10-6-7-11-21(20)31-25(27)28)24(17-8-4-3-5-9-17)19(18)15-23(22)30-2/h3-11,14-15,24H,12-13,16H2,1-2H3/t24-/m0/s1. The number of oxazole rings is 1. The number of benzene rings is 3. The maximum absolute atomic E-state index is 12.6. The van der Waals surface area contributed by atoms with Crippen LogP contribution in [0.25, 0.3) is 11.1 Å². The highest BCUT2D eigenvalue weighted by atomic mass is 16.5. The fraction of sp³-hybridized carbons (Fsp3) is 0.240. The molecule has 5 rings (SSSR count). The van der Waals surface area contributed by atoms with Crippen molar-refractivity contribution in [2.75, 3.05) is 20.8 Å². The van der Waals surface area contributed by atoms with E-state index in [1.807, 2.05) is 42.5 Å². The van der Waals surface area contributed by atoms with Gasteiger partial charge in [-0.05, 0) is 47.4 Å². The number of methoxy groups -OCH3 is 2. The minimum atomic E-state index is -0.342. The largest absolute Gasteiger partial charge is 0.493 e. The van der Waals surface area contributed by atoms with Gasteiger partial charge in [0, 0.05) is 6.54 Å². The molecule has 1 atom stereocenters. The number of nitrogens with zero attached hydrogens (tertiary/aromatic N) is 2. The van der Waals surface area contributed by atoms with Gasteiger partial charge in [0.15, 0.2) is 17.1 Å². The van der Waals surface area contributed by atoms with Crippen LogP contribution in [-0.2, 0) is 13.1 Å². The number of hydrogen-bond acceptors (Lipinski definition) is 5. The molecule has 1 aliphatic rings. The molecular weight excluding hydrogens is 392 g/mol. The van der Waals surface area contributed by atoms with Crippen LogP contribution in [0.3, 0.4) is 0 Å². The van der Waals surface area contributed by atoms with Crippen LogP contribution in [0.5, 0.6) is 11.5 Å². The Bertz CT molecular complexity index is 1280. The number of aromatic nitrogens is 1. The van der Waals surface area contributed by atoms with Crippen molar-refractivity contribution in [2.45, 2.75) is 19.1 Å². The average Bonchev–Trinajstić information content (AvgIpc) is 3.13. The van der Waals surface area contributed by atoms with E-state index in [0.717, 1.165) is 35.4 Å². The molecule has 0 N–H and O–H groups in total. The second-order valence-electron chi connectivity index (χ2n) is 7.69. The predicted molar refractivity (Wildman–Crippen MR) is 119 cm³/mol. The molecule has 31 heavy (non-hydrogen) atoms. The molecule has 0 bridgehead atoms. The molecule has 2 heterocycles. The van der Waals surface area contributed by atoms with Gasteiger partial charge in [-0.1, -0.05) is 42.5 Å². The Hall–Kier alpha value is -3.51. The highest BCUT2D eigenvalue weighted by Gasteiger charge is 2.31. The van der Waals surface area contributed by atoms with Gasteiger partial charge >= 0.3 is 5.76 Å². The Labute approximate surface area is 180 Å². The van der Waals surface area contributed by atoms with E-state index in [1.165, 1.54) is 5.56 Å². The number of ether oxygens (including phenoxy) is 2. The third-order valence-electron chi connectivity index (χ3n) is 5.99. The minimum absolute atomic E-state index is 0.0229. The van der Waals surface area contributed by atoms with Crippen molar-refractivity contribution in [3.05, 3.63) is 94.0 Å². The van der Waals surface area contributed by atoms with Gasteiger partial charge in [-0.3, -0.25) is 9.47 Å².